The molecule has 0 radical (unpaired) electrons. The summed E-state index contributed by atoms with van der Waals surface area (Å²) in [4.78, 5) is 9.86. The van der Waals surface area contributed by atoms with Gasteiger partial charge in [-0.3, -0.25) is 10.1 Å². The fourth-order valence-electron chi connectivity index (χ4n) is 1.01. The minimum atomic E-state index is -0.737. The smallest absolute Gasteiger partial charge is 0.314 e. The average Bonchev–Trinajstić information content (AvgIpc) is 2.20. The van der Waals surface area contributed by atoms with Crippen molar-refractivity contribution in [2.75, 3.05) is 12.5 Å². The number of rotatable bonds is 5. The third-order valence-electron chi connectivity index (χ3n) is 1.67. The highest BCUT2D eigenvalue weighted by Crippen LogP contribution is 2.29. The van der Waals surface area contributed by atoms with Crippen LogP contribution in [0.5, 0.6) is 5.75 Å². The van der Waals surface area contributed by atoms with Crippen LogP contribution in [0.2, 0.25) is 0 Å². The van der Waals surface area contributed by atoms with Gasteiger partial charge in [0.15, 0.2) is 5.82 Å². The Bertz CT molecular complexity index is 359. The highest BCUT2D eigenvalue weighted by molar-refractivity contribution is 6.17. The quantitative estimate of drug-likeness (QED) is 0.340. The van der Waals surface area contributed by atoms with Crippen molar-refractivity contribution in [2.45, 2.75) is 6.42 Å². The third kappa shape index (κ3) is 3.06. The largest absolute Gasteiger partial charge is 0.485 e. The molecule has 1 aromatic carbocycles. The molecule has 0 atom stereocenters. The first-order chi connectivity index (χ1) is 7.16. The molecular weight excluding hydrogens is 225 g/mol. The van der Waals surface area contributed by atoms with Gasteiger partial charge >= 0.3 is 5.69 Å². The van der Waals surface area contributed by atoms with Crippen molar-refractivity contribution >= 4 is 17.3 Å². The van der Waals surface area contributed by atoms with Crippen molar-refractivity contribution < 1.29 is 14.1 Å². The molecule has 82 valence electrons. The van der Waals surface area contributed by atoms with Crippen LogP contribution >= 0.6 is 11.6 Å². The van der Waals surface area contributed by atoms with E-state index in [1.807, 2.05) is 0 Å². The molecule has 0 saturated carbocycles. The molecule has 0 aliphatic rings. The van der Waals surface area contributed by atoms with Gasteiger partial charge in [-0.2, -0.15) is 0 Å². The Hall–Kier alpha value is -1.36. The lowest BCUT2D eigenvalue weighted by atomic mass is 10.3. The van der Waals surface area contributed by atoms with Crippen LogP contribution in [0.15, 0.2) is 18.2 Å². The number of nitrogens with zero attached hydrogens (tertiary/aromatic N) is 1. The number of nitro benzene ring substituents is 1. The number of hydrogen-bond donors (Lipinski definition) is 0. The van der Waals surface area contributed by atoms with Crippen molar-refractivity contribution in [2.24, 2.45) is 0 Å². The van der Waals surface area contributed by atoms with Gasteiger partial charge < -0.3 is 4.74 Å². The van der Waals surface area contributed by atoms with Crippen LogP contribution in [0.3, 0.4) is 0 Å². The summed E-state index contributed by atoms with van der Waals surface area (Å²) in [6.45, 7) is 0.158. The SMILES string of the molecule is O=[N+]([O-])c1cccc(F)c1OCCCCl. The molecule has 4 nitrogen and oxygen atoms in total. The zero-order valence-corrected chi connectivity index (χ0v) is 8.54. The Labute approximate surface area is 90.8 Å². The number of nitro groups is 1. The highest BCUT2D eigenvalue weighted by atomic mass is 35.5. The van der Waals surface area contributed by atoms with Crippen molar-refractivity contribution in [3.63, 3.8) is 0 Å². The maximum atomic E-state index is 13.2. The first-order valence-corrected chi connectivity index (χ1v) is 4.82. The van der Waals surface area contributed by atoms with Crippen LogP contribution in [-0.4, -0.2) is 17.4 Å². The molecule has 0 spiro atoms. The predicted molar refractivity (Wildman–Crippen MR) is 53.9 cm³/mol. The van der Waals surface area contributed by atoms with Gasteiger partial charge in [-0.05, 0) is 12.5 Å². The lowest BCUT2D eigenvalue weighted by molar-refractivity contribution is -0.386. The summed E-state index contributed by atoms with van der Waals surface area (Å²) in [5.74, 6) is -0.700. The van der Waals surface area contributed by atoms with Crippen molar-refractivity contribution in [3.8, 4) is 5.75 Å². The number of benzene rings is 1. The molecule has 0 amide bonds. The van der Waals surface area contributed by atoms with Crippen LogP contribution in [0.1, 0.15) is 6.42 Å². The molecule has 0 N–H and O–H groups in total. The van der Waals surface area contributed by atoms with E-state index in [9.17, 15) is 14.5 Å². The van der Waals surface area contributed by atoms with Gasteiger partial charge in [-0.25, -0.2) is 4.39 Å². The molecule has 0 saturated heterocycles. The van der Waals surface area contributed by atoms with Gasteiger partial charge in [0, 0.05) is 11.9 Å². The first-order valence-electron chi connectivity index (χ1n) is 4.28. The summed E-state index contributed by atoms with van der Waals surface area (Å²) in [7, 11) is 0. The van der Waals surface area contributed by atoms with Crippen LogP contribution in [-0.2, 0) is 0 Å². The molecule has 0 unspecified atom stereocenters. The molecule has 15 heavy (non-hydrogen) atoms. The monoisotopic (exact) mass is 233 g/mol. The second-order valence-corrected chi connectivity index (χ2v) is 3.11. The Kier molecular flexibility index (Phi) is 4.30. The normalized spacial score (nSPS) is 10.0. The Balaban J connectivity index is 2.87. The van der Waals surface area contributed by atoms with E-state index in [0.717, 1.165) is 6.07 Å². The predicted octanol–water partition coefficient (Wildman–Crippen LogP) is 2.74. The summed E-state index contributed by atoms with van der Waals surface area (Å²) in [5.41, 5.74) is -0.371. The minimum Gasteiger partial charge on any atom is -0.485 e. The van der Waals surface area contributed by atoms with Crippen LogP contribution in [0, 0.1) is 15.9 Å². The van der Waals surface area contributed by atoms with Crippen molar-refractivity contribution in [3.05, 3.63) is 34.1 Å². The Morgan fingerprint density at radius 2 is 2.27 bits per heavy atom. The van der Waals surface area contributed by atoms with E-state index < -0.39 is 10.7 Å². The molecule has 0 heterocycles. The third-order valence-corrected chi connectivity index (χ3v) is 1.93. The van der Waals surface area contributed by atoms with Crippen molar-refractivity contribution in [1.29, 1.82) is 0 Å². The van der Waals surface area contributed by atoms with E-state index in [-0.39, 0.29) is 18.0 Å². The van der Waals surface area contributed by atoms with Gasteiger partial charge in [0.1, 0.15) is 0 Å². The van der Waals surface area contributed by atoms with Crippen LogP contribution in [0.25, 0.3) is 0 Å². The second-order valence-electron chi connectivity index (χ2n) is 2.74. The standard InChI is InChI=1S/C9H9ClFNO3/c10-5-2-6-15-9-7(11)3-1-4-8(9)12(13)14/h1,3-4H,2,5-6H2. The summed E-state index contributed by atoms with van der Waals surface area (Å²) in [5, 5.41) is 10.5. The zero-order chi connectivity index (χ0) is 11.3. The molecule has 0 aromatic heterocycles. The molecule has 0 aliphatic heterocycles. The van der Waals surface area contributed by atoms with E-state index in [0.29, 0.717) is 12.3 Å². The fraction of sp³-hybridized carbons (Fsp3) is 0.333. The fourth-order valence-corrected chi connectivity index (χ4v) is 1.12. The van der Waals surface area contributed by atoms with E-state index >= 15 is 0 Å². The van der Waals surface area contributed by atoms with Crippen LogP contribution < -0.4 is 4.74 Å². The first kappa shape index (κ1) is 11.7. The lowest BCUT2D eigenvalue weighted by Gasteiger charge is -2.06. The van der Waals surface area contributed by atoms with E-state index in [2.05, 4.69) is 0 Å². The molecule has 6 heteroatoms. The maximum absolute atomic E-state index is 13.2. The number of hydrogen-bond acceptors (Lipinski definition) is 3. The van der Waals surface area contributed by atoms with Crippen LogP contribution in [0.4, 0.5) is 10.1 Å². The number of ether oxygens (including phenoxy) is 1. The summed E-state index contributed by atoms with van der Waals surface area (Å²) < 4.78 is 18.1. The second kappa shape index (κ2) is 5.50. The van der Waals surface area contributed by atoms with Gasteiger partial charge in [0.2, 0.25) is 5.75 Å². The van der Waals surface area contributed by atoms with Gasteiger partial charge in [-0.1, -0.05) is 6.07 Å². The molecule has 1 aromatic rings. The van der Waals surface area contributed by atoms with E-state index in [1.54, 1.807) is 0 Å². The minimum absolute atomic E-state index is 0.158. The average molecular weight is 234 g/mol. The number of halogens is 2. The Morgan fingerprint density at radius 1 is 1.53 bits per heavy atom. The van der Waals surface area contributed by atoms with E-state index in [4.69, 9.17) is 16.3 Å². The maximum Gasteiger partial charge on any atom is 0.314 e. The summed E-state index contributed by atoms with van der Waals surface area (Å²) in [6.07, 6.45) is 0.507. The van der Waals surface area contributed by atoms with Gasteiger partial charge in [-0.15, -0.1) is 11.6 Å². The lowest BCUT2D eigenvalue weighted by Crippen LogP contribution is -2.03. The molecule has 0 bridgehead atoms. The molecule has 0 fully saturated rings. The molecule has 0 aliphatic carbocycles. The summed E-state index contributed by atoms with van der Waals surface area (Å²) in [6, 6.07) is 3.57. The topological polar surface area (TPSA) is 52.4 Å². The highest BCUT2D eigenvalue weighted by Gasteiger charge is 2.18. The molecule has 1 rings (SSSR count). The van der Waals surface area contributed by atoms with Gasteiger partial charge in [0.25, 0.3) is 0 Å². The van der Waals surface area contributed by atoms with E-state index in [1.165, 1.54) is 12.1 Å². The molecular formula is C9H9ClFNO3. The Morgan fingerprint density at radius 3 is 2.87 bits per heavy atom. The number of para-hydroxylation sites is 1. The number of alkyl halides is 1. The van der Waals surface area contributed by atoms with Gasteiger partial charge in [0.05, 0.1) is 11.5 Å². The summed E-state index contributed by atoms with van der Waals surface area (Å²) >= 11 is 5.40. The van der Waals surface area contributed by atoms with Crippen molar-refractivity contribution in [1.82, 2.24) is 0 Å². The zero-order valence-electron chi connectivity index (χ0n) is 7.78.